The van der Waals surface area contributed by atoms with Crippen LogP contribution in [0.15, 0.2) is 218 Å². The summed E-state index contributed by atoms with van der Waals surface area (Å²) in [6.45, 7) is -3.02. The van der Waals surface area contributed by atoms with Crippen molar-refractivity contribution in [3.8, 4) is 17.1 Å². The minimum absolute atomic E-state index is 1.14. The molecule has 0 atom stereocenters. The average molecular weight is 786 g/mol. The molecule has 12 aromatic rings. The van der Waals surface area contributed by atoms with Crippen LogP contribution >= 0.6 is 6.60 Å². The summed E-state index contributed by atoms with van der Waals surface area (Å²) in [6.07, 6.45) is 2.28. The van der Waals surface area contributed by atoms with E-state index >= 15 is 0 Å². The third kappa shape index (κ3) is 4.48. The van der Waals surface area contributed by atoms with Gasteiger partial charge in [0.2, 0.25) is 0 Å². The summed E-state index contributed by atoms with van der Waals surface area (Å²) in [5, 5.41) is 12.2. The number of hydrogen-bond donors (Lipinski definition) is 0. The number of rotatable bonds is 6. The van der Waals surface area contributed by atoms with Crippen molar-refractivity contribution in [2.24, 2.45) is 0 Å². The number of hydrogen-bond acceptors (Lipinski definition) is 0. The van der Waals surface area contributed by atoms with Crippen molar-refractivity contribution in [3.63, 3.8) is 0 Å². The van der Waals surface area contributed by atoms with E-state index in [1.807, 2.05) is 0 Å². The van der Waals surface area contributed by atoms with Crippen molar-refractivity contribution in [1.29, 1.82) is 0 Å². The molecule has 0 N–H and O–H groups in total. The molecule has 60 heavy (non-hydrogen) atoms. The van der Waals surface area contributed by atoms with Crippen molar-refractivity contribution >= 4 is 87.9 Å². The van der Waals surface area contributed by atoms with Crippen molar-refractivity contribution in [2.45, 2.75) is 0 Å². The van der Waals surface area contributed by atoms with E-state index < -0.39 is 6.60 Å². The van der Waals surface area contributed by atoms with Gasteiger partial charge in [0.25, 0.3) is 0 Å². The van der Waals surface area contributed by atoms with E-state index in [2.05, 4.69) is 232 Å². The Balaban J connectivity index is 1.13. The van der Waals surface area contributed by atoms with Gasteiger partial charge in [-0.15, -0.1) is 0 Å². The van der Waals surface area contributed by atoms with Crippen LogP contribution in [0.2, 0.25) is 0 Å². The van der Waals surface area contributed by atoms with Crippen molar-refractivity contribution in [2.75, 3.05) is 12.3 Å². The molecule has 4 heterocycles. The van der Waals surface area contributed by atoms with E-state index in [1.54, 1.807) is 0 Å². The molecule has 3 aromatic heterocycles. The molecule has 13 rings (SSSR count). The van der Waals surface area contributed by atoms with Crippen LogP contribution < -0.4 is 15.9 Å². The summed E-state index contributed by atoms with van der Waals surface area (Å²) in [4.78, 5) is 0. The molecule has 0 saturated carbocycles. The third-order valence-corrected chi connectivity index (χ3v) is 20.1. The van der Waals surface area contributed by atoms with Crippen molar-refractivity contribution in [1.82, 2.24) is 13.7 Å². The van der Waals surface area contributed by atoms with E-state index in [-0.39, 0.29) is 0 Å². The molecule has 284 valence electrons. The van der Waals surface area contributed by atoms with Gasteiger partial charge in [0.15, 0.2) is 0 Å². The second-order valence-electron chi connectivity index (χ2n) is 16.6. The van der Waals surface area contributed by atoms with Gasteiger partial charge in [-0.1, -0.05) is 0 Å². The van der Waals surface area contributed by atoms with Crippen LogP contribution in [0.25, 0.3) is 82.5 Å². The summed E-state index contributed by atoms with van der Waals surface area (Å²) in [7, 11) is 0. The van der Waals surface area contributed by atoms with Gasteiger partial charge in [0, 0.05) is 0 Å². The monoisotopic (exact) mass is 785 g/mol. The quantitative estimate of drug-likeness (QED) is 0.149. The van der Waals surface area contributed by atoms with Crippen molar-refractivity contribution in [3.05, 3.63) is 218 Å². The molecular formula is C56H40N3P. The van der Waals surface area contributed by atoms with Gasteiger partial charge >= 0.3 is 349 Å². The van der Waals surface area contributed by atoms with Crippen LogP contribution in [0.1, 0.15) is 0 Å². The summed E-state index contributed by atoms with van der Waals surface area (Å²) in [5.41, 5.74) is 11.0. The summed E-state index contributed by atoms with van der Waals surface area (Å²) in [5.74, 6) is 0. The molecule has 3 nitrogen and oxygen atoms in total. The van der Waals surface area contributed by atoms with Crippen LogP contribution in [-0.2, 0) is 0 Å². The first-order chi connectivity index (χ1) is 29.7. The first-order valence-corrected chi connectivity index (χ1v) is 23.6. The summed E-state index contributed by atoms with van der Waals surface area (Å²) < 4.78 is 7.32. The molecule has 1 aliphatic rings. The molecule has 0 unspecified atom stereocenters. The molecule has 0 bridgehead atoms. The molecule has 9 aromatic carbocycles. The molecule has 0 spiro atoms. The maximum atomic E-state index is 2.59. The molecule has 0 amide bonds. The third-order valence-electron chi connectivity index (χ3n) is 13.8. The number of nitrogens with zero attached hydrogens (tertiary/aromatic N) is 3. The van der Waals surface area contributed by atoms with Gasteiger partial charge in [-0.2, -0.15) is 0 Å². The fourth-order valence-corrected chi connectivity index (χ4v) is 17.1. The number of aromatic nitrogens is 3. The standard InChI is InChI=1S/C56H40N3P/c1-4-16-39(17-5-1)57-51-25-13-10-22-45(51)48-36-42(28-31-54(48)57)60(34-35-60,43-29-32-55-49(37-43)46-23-11-14-26-52(46)58(55)40-18-6-2-7-19-40)44-30-33-56-50(38-44)47-24-12-15-27-53(47)59(56)41-20-8-3-9-21-41/h1-33,36-38H,34-35H2. The van der Waals surface area contributed by atoms with E-state index in [0.29, 0.717) is 0 Å². The van der Waals surface area contributed by atoms with Crippen LogP contribution in [-0.4, -0.2) is 26.0 Å². The predicted octanol–water partition coefficient (Wildman–Crippen LogP) is 12.8. The van der Waals surface area contributed by atoms with Gasteiger partial charge in [-0.3, -0.25) is 0 Å². The van der Waals surface area contributed by atoms with Crippen LogP contribution in [0.5, 0.6) is 0 Å². The van der Waals surface area contributed by atoms with Gasteiger partial charge in [-0.05, 0) is 0 Å². The zero-order valence-electron chi connectivity index (χ0n) is 33.0. The topological polar surface area (TPSA) is 14.8 Å². The van der Waals surface area contributed by atoms with Gasteiger partial charge < -0.3 is 0 Å². The first-order valence-electron chi connectivity index (χ1n) is 21.0. The van der Waals surface area contributed by atoms with Gasteiger partial charge in [0.1, 0.15) is 0 Å². The number of fused-ring (bicyclic) bond motifs is 9. The molecule has 1 fully saturated rings. The predicted molar refractivity (Wildman–Crippen MR) is 258 cm³/mol. The Morgan fingerprint density at radius 3 is 0.817 bits per heavy atom. The average Bonchev–Trinajstić information content (AvgIpc) is 3.75. The SMILES string of the molecule is c1ccc(-n2c3ccccc3c3cc(P4(c5ccc6c(c5)c5ccccc5n6-c5ccccc5)(c5ccc6c(c5)c5ccccc5n6-c5ccccc5)CC4)ccc32)cc1. The first kappa shape index (κ1) is 33.7. The fourth-order valence-electron chi connectivity index (χ4n) is 10.8. The van der Waals surface area contributed by atoms with Gasteiger partial charge in [0.05, 0.1) is 0 Å². The van der Waals surface area contributed by atoms with E-state index in [4.69, 9.17) is 0 Å². The molecule has 1 aliphatic heterocycles. The van der Waals surface area contributed by atoms with E-state index in [0.717, 1.165) is 12.3 Å². The van der Waals surface area contributed by atoms with Gasteiger partial charge in [-0.25, -0.2) is 0 Å². The fraction of sp³-hybridized carbons (Fsp3) is 0.0357. The Bertz CT molecular complexity index is 3280. The van der Waals surface area contributed by atoms with Crippen molar-refractivity contribution < 1.29 is 0 Å². The molecule has 0 radical (unpaired) electrons. The second-order valence-corrected chi connectivity index (χ2v) is 22.1. The Morgan fingerprint density at radius 2 is 0.517 bits per heavy atom. The minimum atomic E-state index is -3.02. The molecular weight excluding hydrogens is 746 g/mol. The number of benzene rings is 9. The molecule has 0 aliphatic carbocycles. The Morgan fingerprint density at radius 1 is 0.250 bits per heavy atom. The van der Waals surface area contributed by atoms with Crippen LogP contribution in [0, 0.1) is 0 Å². The Kier molecular flexibility index (Phi) is 6.98. The zero-order valence-corrected chi connectivity index (χ0v) is 33.9. The molecule has 1 saturated heterocycles. The second kappa shape index (κ2) is 12.4. The Labute approximate surface area is 347 Å². The number of para-hydroxylation sites is 6. The summed E-state index contributed by atoms with van der Waals surface area (Å²) >= 11 is 0. The van der Waals surface area contributed by atoms with E-state index in [1.165, 1.54) is 98.4 Å². The Hall–Kier alpha value is -7.19. The van der Waals surface area contributed by atoms with Crippen LogP contribution in [0.4, 0.5) is 0 Å². The zero-order chi connectivity index (χ0) is 39.4. The molecule has 4 heteroatoms. The normalized spacial score (nSPS) is 15.2. The van der Waals surface area contributed by atoms with E-state index in [9.17, 15) is 0 Å². The summed E-state index contributed by atoms with van der Waals surface area (Å²) in [6, 6.07) is 81.8. The van der Waals surface area contributed by atoms with Crippen LogP contribution in [0.3, 0.4) is 0 Å². The maximum absolute atomic E-state index is 3.02.